The lowest BCUT2D eigenvalue weighted by Crippen LogP contribution is -2.27. The van der Waals surface area contributed by atoms with Crippen LogP contribution in [0.15, 0.2) is 48.5 Å². The number of nitro benzene ring substituents is 1. The number of hydrogen-bond donors (Lipinski definition) is 1. The standard InChI is InChI=1S/C17H20N2O2/c1-13-15(10-7-11-16(13)19(20)21)18-12-17(2,3)14-8-5-4-6-9-14/h4-11,18H,12H2,1-3H3. The first-order valence-corrected chi connectivity index (χ1v) is 6.95. The lowest BCUT2D eigenvalue weighted by atomic mass is 9.84. The van der Waals surface area contributed by atoms with Crippen molar-refractivity contribution in [3.05, 3.63) is 69.8 Å². The minimum atomic E-state index is -0.344. The maximum atomic E-state index is 11.0. The van der Waals surface area contributed by atoms with Gasteiger partial charge in [-0.25, -0.2) is 0 Å². The van der Waals surface area contributed by atoms with Gasteiger partial charge in [0.15, 0.2) is 0 Å². The third-order valence-corrected chi connectivity index (χ3v) is 3.78. The average molecular weight is 284 g/mol. The number of hydrogen-bond acceptors (Lipinski definition) is 3. The van der Waals surface area contributed by atoms with Crippen molar-refractivity contribution < 1.29 is 4.92 Å². The Balaban J connectivity index is 2.17. The van der Waals surface area contributed by atoms with Crippen LogP contribution in [0.2, 0.25) is 0 Å². The van der Waals surface area contributed by atoms with Crippen LogP contribution in [0, 0.1) is 17.0 Å². The molecule has 110 valence electrons. The number of nitrogens with one attached hydrogen (secondary N) is 1. The molecule has 0 aliphatic carbocycles. The quantitative estimate of drug-likeness (QED) is 0.658. The number of rotatable bonds is 5. The highest BCUT2D eigenvalue weighted by molar-refractivity contribution is 5.60. The van der Waals surface area contributed by atoms with Gasteiger partial charge in [-0.15, -0.1) is 0 Å². The van der Waals surface area contributed by atoms with E-state index in [1.807, 2.05) is 24.3 Å². The topological polar surface area (TPSA) is 55.2 Å². The maximum Gasteiger partial charge on any atom is 0.274 e. The molecule has 2 rings (SSSR count). The largest absolute Gasteiger partial charge is 0.384 e. The second kappa shape index (κ2) is 5.95. The average Bonchev–Trinajstić information content (AvgIpc) is 2.47. The van der Waals surface area contributed by atoms with E-state index in [-0.39, 0.29) is 16.0 Å². The van der Waals surface area contributed by atoms with Crippen molar-refractivity contribution in [2.75, 3.05) is 11.9 Å². The lowest BCUT2D eigenvalue weighted by molar-refractivity contribution is -0.385. The molecule has 2 aromatic rings. The Hall–Kier alpha value is -2.36. The first kappa shape index (κ1) is 15.0. The van der Waals surface area contributed by atoms with Crippen LogP contribution in [0.4, 0.5) is 11.4 Å². The van der Waals surface area contributed by atoms with E-state index in [1.54, 1.807) is 13.0 Å². The Labute approximate surface area is 125 Å². The highest BCUT2D eigenvalue weighted by Crippen LogP contribution is 2.28. The highest BCUT2D eigenvalue weighted by atomic mass is 16.6. The number of benzene rings is 2. The zero-order chi connectivity index (χ0) is 15.5. The molecule has 0 unspecified atom stereocenters. The second-order valence-electron chi connectivity index (χ2n) is 5.81. The van der Waals surface area contributed by atoms with Gasteiger partial charge in [0.1, 0.15) is 0 Å². The molecule has 4 heteroatoms. The van der Waals surface area contributed by atoms with Crippen LogP contribution >= 0.6 is 0 Å². The third-order valence-electron chi connectivity index (χ3n) is 3.78. The molecular formula is C17H20N2O2. The Bertz CT molecular complexity index is 636. The smallest absolute Gasteiger partial charge is 0.274 e. The zero-order valence-corrected chi connectivity index (χ0v) is 12.6. The van der Waals surface area contributed by atoms with Gasteiger partial charge in [0, 0.05) is 29.3 Å². The van der Waals surface area contributed by atoms with Gasteiger partial charge in [0.2, 0.25) is 0 Å². The van der Waals surface area contributed by atoms with E-state index >= 15 is 0 Å². The number of nitro groups is 1. The predicted octanol–water partition coefficient (Wildman–Crippen LogP) is 4.29. The molecule has 0 heterocycles. The summed E-state index contributed by atoms with van der Waals surface area (Å²) in [6.07, 6.45) is 0. The van der Waals surface area contributed by atoms with Gasteiger partial charge in [-0.2, -0.15) is 0 Å². The summed E-state index contributed by atoms with van der Waals surface area (Å²) in [7, 11) is 0. The Morgan fingerprint density at radius 3 is 2.38 bits per heavy atom. The molecule has 4 nitrogen and oxygen atoms in total. The van der Waals surface area contributed by atoms with Crippen LogP contribution in [0.5, 0.6) is 0 Å². The summed E-state index contributed by atoms with van der Waals surface area (Å²) >= 11 is 0. The fourth-order valence-electron chi connectivity index (χ4n) is 2.32. The molecule has 0 bridgehead atoms. The molecule has 1 N–H and O–H groups in total. The molecule has 0 saturated heterocycles. The molecule has 0 aliphatic rings. The fraction of sp³-hybridized carbons (Fsp3) is 0.294. The van der Waals surface area contributed by atoms with Crippen LogP contribution in [0.1, 0.15) is 25.0 Å². The van der Waals surface area contributed by atoms with Crippen LogP contribution in [0.25, 0.3) is 0 Å². The molecule has 0 aliphatic heterocycles. The SMILES string of the molecule is Cc1c(NCC(C)(C)c2ccccc2)cccc1[N+](=O)[O-]. The van der Waals surface area contributed by atoms with E-state index in [1.165, 1.54) is 11.6 Å². The second-order valence-corrected chi connectivity index (χ2v) is 5.81. The molecule has 2 aromatic carbocycles. The summed E-state index contributed by atoms with van der Waals surface area (Å²) in [6.45, 7) is 6.79. The van der Waals surface area contributed by atoms with E-state index in [2.05, 4.69) is 31.3 Å². The summed E-state index contributed by atoms with van der Waals surface area (Å²) in [6, 6.07) is 15.4. The number of anilines is 1. The lowest BCUT2D eigenvalue weighted by Gasteiger charge is -2.26. The fourth-order valence-corrected chi connectivity index (χ4v) is 2.32. The summed E-state index contributed by atoms with van der Waals surface area (Å²) in [5.41, 5.74) is 2.82. The van der Waals surface area contributed by atoms with Crippen molar-refractivity contribution in [3.8, 4) is 0 Å². The van der Waals surface area contributed by atoms with E-state index in [0.29, 0.717) is 12.1 Å². The number of nitrogens with zero attached hydrogens (tertiary/aromatic N) is 1. The monoisotopic (exact) mass is 284 g/mol. The molecule has 0 amide bonds. The van der Waals surface area contributed by atoms with E-state index in [0.717, 1.165) is 5.69 Å². The summed E-state index contributed by atoms with van der Waals surface area (Å²) < 4.78 is 0. The van der Waals surface area contributed by atoms with Crippen LogP contribution < -0.4 is 5.32 Å². The van der Waals surface area contributed by atoms with Crippen molar-refractivity contribution in [2.24, 2.45) is 0 Å². The first-order valence-electron chi connectivity index (χ1n) is 6.95. The summed E-state index contributed by atoms with van der Waals surface area (Å²) in [4.78, 5) is 10.6. The maximum absolute atomic E-state index is 11.0. The van der Waals surface area contributed by atoms with Crippen molar-refractivity contribution in [3.63, 3.8) is 0 Å². The Morgan fingerprint density at radius 1 is 1.10 bits per heavy atom. The van der Waals surface area contributed by atoms with Gasteiger partial charge in [0.05, 0.1) is 4.92 Å². The molecule has 0 spiro atoms. The van der Waals surface area contributed by atoms with E-state index in [9.17, 15) is 10.1 Å². The zero-order valence-electron chi connectivity index (χ0n) is 12.6. The summed E-state index contributed by atoms with van der Waals surface area (Å²) in [5.74, 6) is 0. The summed E-state index contributed by atoms with van der Waals surface area (Å²) in [5, 5.41) is 14.3. The molecule has 0 aromatic heterocycles. The molecule has 0 saturated carbocycles. The molecule has 0 fully saturated rings. The highest BCUT2D eigenvalue weighted by Gasteiger charge is 2.21. The van der Waals surface area contributed by atoms with Gasteiger partial charge in [0.25, 0.3) is 5.69 Å². The van der Waals surface area contributed by atoms with Crippen molar-refractivity contribution >= 4 is 11.4 Å². The van der Waals surface area contributed by atoms with Crippen LogP contribution in [0.3, 0.4) is 0 Å². The van der Waals surface area contributed by atoms with E-state index in [4.69, 9.17) is 0 Å². The van der Waals surface area contributed by atoms with E-state index < -0.39 is 0 Å². The minimum absolute atomic E-state index is 0.0572. The first-order chi connectivity index (χ1) is 9.92. The molecular weight excluding hydrogens is 264 g/mol. The van der Waals surface area contributed by atoms with Gasteiger partial charge in [-0.3, -0.25) is 10.1 Å². The van der Waals surface area contributed by atoms with Gasteiger partial charge in [-0.1, -0.05) is 50.2 Å². The Kier molecular flexibility index (Phi) is 4.26. The normalized spacial score (nSPS) is 11.2. The predicted molar refractivity (Wildman–Crippen MR) is 85.8 cm³/mol. The van der Waals surface area contributed by atoms with Crippen molar-refractivity contribution in [2.45, 2.75) is 26.2 Å². The molecule has 21 heavy (non-hydrogen) atoms. The van der Waals surface area contributed by atoms with Crippen LogP contribution in [-0.4, -0.2) is 11.5 Å². The van der Waals surface area contributed by atoms with Gasteiger partial charge >= 0.3 is 0 Å². The van der Waals surface area contributed by atoms with Gasteiger partial charge in [-0.05, 0) is 18.6 Å². The van der Waals surface area contributed by atoms with Crippen LogP contribution in [-0.2, 0) is 5.41 Å². The van der Waals surface area contributed by atoms with Gasteiger partial charge < -0.3 is 5.32 Å². The van der Waals surface area contributed by atoms with Crippen molar-refractivity contribution in [1.82, 2.24) is 0 Å². The molecule has 0 radical (unpaired) electrons. The van der Waals surface area contributed by atoms with Crippen molar-refractivity contribution in [1.29, 1.82) is 0 Å². The molecule has 0 atom stereocenters. The Morgan fingerprint density at radius 2 is 1.76 bits per heavy atom. The third kappa shape index (κ3) is 3.40. The minimum Gasteiger partial charge on any atom is -0.384 e.